The maximum absolute atomic E-state index is 11.9. The normalized spacial score (nSPS) is 20.1. The Morgan fingerprint density at radius 1 is 1.56 bits per heavy atom. The Balaban J connectivity index is 0.00000162. The molecule has 1 N–H and O–H groups in total. The van der Waals surface area contributed by atoms with Gasteiger partial charge in [-0.05, 0) is 31.5 Å². The fraction of sp³-hybridized carbons (Fsp3) is 0.500. The van der Waals surface area contributed by atoms with E-state index >= 15 is 0 Å². The number of aromatic nitrogens is 1. The van der Waals surface area contributed by atoms with Crippen molar-refractivity contribution in [3.8, 4) is 0 Å². The molecule has 2 rings (SSSR count). The molecule has 8 heteroatoms. The minimum absolute atomic E-state index is 0. The molecule has 2 unspecified atom stereocenters. The number of rotatable bonds is 4. The number of nitrogens with zero attached hydrogens (tertiary/aromatic N) is 2. The maximum Gasteiger partial charge on any atom is 0.287 e. The zero-order chi connectivity index (χ0) is 12.3. The molecule has 1 aromatic rings. The minimum atomic E-state index is -1.17. The summed E-state index contributed by atoms with van der Waals surface area (Å²) in [5, 5.41) is 14.1. The molecule has 2 heterocycles. The Labute approximate surface area is 113 Å². The molecular weight excluding hydrogens is 278 g/mol. The standard InChI is InChI=1S/C10H13N3O3S.ClH/c14-13(15)9-1-2-10(12-6-9)17(16)7-8-3-4-11-5-8;/h1-2,6,8,11H,3-5,7H2;1H. The van der Waals surface area contributed by atoms with E-state index in [1.165, 1.54) is 12.1 Å². The van der Waals surface area contributed by atoms with Gasteiger partial charge in [-0.15, -0.1) is 12.4 Å². The monoisotopic (exact) mass is 291 g/mol. The van der Waals surface area contributed by atoms with E-state index < -0.39 is 15.7 Å². The molecule has 1 saturated heterocycles. The van der Waals surface area contributed by atoms with Crippen LogP contribution in [0.3, 0.4) is 0 Å². The van der Waals surface area contributed by atoms with Crippen molar-refractivity contribution in [2.75, 3.05) is 18.8 Å². The summed E-state index contributed by atoms with van der Waals surface area (Å²) in [7, 11) is -1.17. The summed E-state index contributed by atoms with van der Waals surface area (Å²) < 4.78 is 11.9. The predicted molar refractivity (Wildman–Crippen MR) is 70.4 cm³/mol. The molecule has 0 aromatic carbocycles. The smallest absolute Gasteiger partial charge is 0.287 e. The summed E-state index contributed by atoms with van der Waals surface area (Å²) in [5.41, 5.74) is -0.0757. The first-order valence-corrected chi connectivity index (χ1v) is 6.68. The second kappa shape index (κ2) is 6.77. The van der Waals surface area contributed by atoms with Gasteiger partial charge in [-0.1, -0.05) is 0 Å². The zero-order valence-electron chi connectivity index (χ0n) is 9.57. The Morgan fingerprint density at radius 3 is 2.83 bits per heavy atom. The highest BCUT2D eigenvalue weighted by molar-refractivity contribution is 7.84. The number of hydrogen-bond acceptors (Lipinski definition) is 5. The molecular formula is C10H14ClN3O3S. The van der Waals surface area contributed by atoms with Gasteiger partial charge in [-0.2, -0.15) is 0 Å². The van der Waals surface area contributed by atoms with Gasteiger partial charge in [0.05, 0.1) is 15.7 Å². The largest absolute Gasteiger partial charge is 0.316 e. The van der Waals surface area contributed by atoms with Gasteiger partial charge in [-0.3, -0.25) is 14.3 Å². The van der Waals surface area contributed by atoms with Crippen molar-refractivity contribution in [2.24, 2.45) is 5.92 Å². The highest BCUT2D eigenvalue weighted by atomic mass is 35.5. The van der Waals surface area contributed by atoms with Crippen LogP contribution in [0.5, 0.6) is 0 Å². The molecule has 6 nitrogen and oxygen atoms in total. The van der Waals surface area contributed by atoms with Gasteiger partial charge in [0.2, 0.25) is 0 Å². The second-order valence-corrected chi connectivity index (χ2v) is 5.43. The van der Waals surface area contributed by atoms with Crippen molar-refractivity contribution < 1.29 is 9.13 Å². The molecule has 0 radical (unpaired) electrons. The zero-order valence-corrected chi connectivity index (χ0v) is 11.2. The van der Waals surface area contributed by atoms with Gasteiger partial charge in [0, 0.05) is 11.8 Å². The van der Waals surface area contributed by atoms with Crippen LogP contribution in [0.4, 0.5) is 5.69 Å². The van der Waals surface area contributed by atoms with E-state index in [1.54, 1.807) is 0 Å². The lowest BCUT2D eigenvalue weighted by atomic mass is 10.2. The number of nitro groups is 1. The third kappa shape index (κ3) is 3.72. The lowest BCUT2D eigenvalue weighted by molar-refractivity contribution is -0.385. The lowest BCUT2D eigenvalue weighted by Gasteiger charge is -2.06. The molecule has 0 saturated carbocycles. The van der Waals surface area contributed by atoms with Crippen molar-refractivity contribution in [3.05, 3.63) is 28.4 Å². The molecule has 100 valence electrons. The molecule has 0 amide bonds. The highest BCUT2D eigenvalue weighted by Crippen LogP contribution is 2.15. The molecule has 1 fully saturated rings. The summed E-state index contributed by atoms with van der Waals surface area (Å²) >= 11 is 0. The fourth-order valence-electron chi connectivity index (χ4n) is 1.77. The fourth-order valence-corrected chi connectivity index (χ4v) is 3.04. The van der Waals surface area contributed by atoms with Gasteiger partial charge in [0.1, 0.15) is 11.2 Å². The van der Waals surface area contributed by atoms with Crippen molar-refractivity contribution in [2.45, 2.75) is 11.4 Å². The Kier molecular flexibility index (Phi) is 5.64. The van der Waals surface area contributed by atoms with E-state index in [-0.39, 0.29) is 18.1 Å². The Hall–Kier alpha value is -1.05. The molecule has 1 aliphatic heterocycles. The van der Waals surface area contributed by atoms with Crippen LogP contribution in [0.2, 0.25) is 0 Å². The summed E-state index contributed by atoms with van der Waals surface area (Å²) in [6, 6.07) is 2.81. The summed E-state index contributed by atoms with van der Waals surface area (Å²) in [4.78, 5) is 13.8. The quantitative estimate of drug-likeness (QED) is 0.664. The van der Waals surface area contributed by atoms with Gasteiger partial charge in [0.15, 0.2) is 0 Å². The number of halogens is 1. The van der Waals surface area contributed by atoms with Gasteiger partial charge in [0.25, 0.3) is 5.69 Å². The van der Waals surface area contributed by atoms with Crippen LogP contribution in [0.15, 0.2) is 23.4 Å². The first-order chi connectivity index (χ1) is 8.16. The van der Waals surface area contributed by atoms with Crippen LogP contribution < -0.4 is 5.32 Å². The molecule has 0 bridgehead atoms. The SMILES string of the molecule is Cl.O=[N+]([O-])c1ccc(S(=O)CC2CCNC2)nc1. The highest BCUT2D eigenvalue weighted by Gasteiger charge is 2.19. The third-order valence-electron chi connectivity index (χ3n) is 2.71. The first kappa shape index (κ1) is 15.0. The van der Waals surface area contributed by atoms with Gasteiger partial charge >= 0.3 is 0 Å². The van der Waals surface area contributed by atoms with Gasteiger partial charge < -0.3 is 5.32 Å². The molecule has 1 aliphatic rings. The summed E-state index contributed by atoms with van der Waals surface area (Å²) in [5.74, 6) is 0.977. The molecule has 18 heavy (non-hydrogen) atoms. The van der Waals surface area contributed by atoms with Crippen molar-refractivity contribution in [3.63, 3.8) is 0 Å². The van der Waals surface area contributed by atoms with Gasteiger partial charge in [-0.25, -0.2) is 4.98 Å². The Morgan fingerprint density at radius 2 is 2.33 bits per heavy atom. The number of hydrogen-bond donors (Lipinski definition) is 1. The second-order valence-electron chi connectivity index (χ2n) is 3.98. The topological polar surface area (TPSA) is 85.1 Å². The molecule has 2 atom stereocenters. The van der Waals surface area contributed by atoms with Crippen LogP contribution in [0.25, 0.3) is 0 Å². The van der Waals surface area contributed by atoms with Crippen LogP contribution in [0, 0.1) is 16.0 Å². The molecule has 1 aromatic heterocycles. The van der Waals surface area contributed by atoms with Crippen molar-refractivity contribution in [1.82, 2.24) is 10.3 Å². The average molecular weight is 292 g/mol. The predicted octanol–water partition coefficient (Wildman–Crippen LogP) is 1.13. The Bertz CT molecular complexity index is 434. The van der Waals surface area contributed by atoms with E-state index in [9.17, 15) is 14.3 Å². The van der Waals surface area contributed by atoms with Crippen LogP contribution in [0.1, 0.15) is 6.42 Å². The van der Waals surface area contributed by atoms with Crippen LogP contribution in [-0.4, -0.2) is 33.0 Å². The van der Waals surface area contributed by atoms with E-state index in [4.69, 9.17) is 0 Å². The average Bonchev–Trinajstić information content (AvgIpc) is 2.82. The summed E-state index contributed by atoms with van der Waals surface area (Å²) in [6.07, 6.45) is 2.18. The summed E-state index contributed by atoms with van der Waals surface area (Å²) in [6.45, 7) is 1.86. The van der Waals surface area contributed by atoms with E-state index in [0.717, 1.165) is 25.7 Å². The van der Waals surface area contributed by atoms with E-state index in [2.05, 4.69) is 10.3 Å². The number of pyridine rings is 1. The first-order valence-electron chi connectivity index (χ1n) is 5.36. The van der Waals surface area contributed by atoms with Crippen molar-refractivity contribution in [1.29, 1.82) is 0 Å². The molecule has 0 aliphatic carbocycles. The number of nitrogens with one attached hydrogen (secondary N) is 1. The minimum Gasteiger partial charge on any atom is -0.316 e. The van der Waals surface area contributed by atoms with Crippen molar-refractivity contribution >= 4 is 28.9 Å². The van der Waals surface area contributed by atoms with Crippen LogP contribution >= 0.6 is 12.4 Å². The third-order valence-corrected chi connectivity index (χ3v) is 4.20. The maximum atomic E-state index is 11.9. The lowest BCUT2D eigenvalue weighted by Crippen LogP contribution is -2.15. The van der Waals surface area contributed by atoms with E-state index in [0.29, 0.717) is 16.7 Å². The van der Waals surface area contributed by atoms with E-state index in [1.807, 2.05) is 0 Å². The molecule has 0 spiro atoms. The van der Waals surface area contributed by atoms with Crippen LogP contribution in [-0.2, 0) is 10.8 Å².